The van der Waals surface area contributed by atoms with Crippen LogP contribution in [0.2, 0.25) is 5.02 Å². The van der Waals surface area contributed by atoms with Gasteiger partial charge in [-0.1, -0.05) is 41.6 Å². The second-order valence-electron chi connectivity index (χ2n) is 5.90. The summed E-state index contributed by atoms with van der Waals surface area (Å²) in [5.41, 5.74) is 2.29. The Hall–Kier alpha value is -3.10. The van der Waals surface area contributed by atoms with Gasteiger partial charge in [0.25, 0.3) is 0 Å². The fraction of sp³-hybridized carbons (Fsp3) is 0.0526. The Morgan fingerprint density at radius 1 is 1.14 bits per heavy atom. The number of amides is 1. The topological polar surface area (TPSA) is 98.7 Å². The monoisotopic (exact) mass is 410 g/mol. The number of nitrogen functional groups attached to an aromatic ring is 1. The van der Waals surface area contributed by atoms with Gasteiger partial charge >= 0.3 is 0 Å². The van der Waals surface area contributed by atoms with Crippen molar-refractivity contribution in [2.75, 3.05) is 16.9 Å². The molecule has 0 fully saturated rings. The summed E-state index contributed by atoms with van der Waals surface area (Å²) in [6, 6.07) is 16.5. The van der Waals surface area contributed by atoms with Crippen LogP contribution in [-0.4, -0.2) is 31.5 Å². The van der Waals surface area contributed by atoms with Crippen LogP contribution in [0.25, 0.3) is 22.3 Å². The molecule has 0 spiro atoms. The first kappa shape index (κ1) is 18.3. The molecule has 0 atom stereocenters. The third-order valence-corrected chi connectivity index (χ3v) is 5.18. The zero-order chi connectivity index (χ0) is 19.5. The van der Waals surface area contributed by atoms with Crippen LogP contribution in [-0.2, 0) is 4.79 Å². The normalized spacial score (nSPS) is 10.9. The van der Waals surface area contributed by atoms with Crippen LogP contribution in [0.4, 0.5) is 5.69 Å². The van der Waals surface area contributed by atoms with Crippen molar-refractivity contribution in [1.29, 1.82) is 0 Å². The Balaban J connectivity index is 1.45. The number of pyridine rings is 1. The third kappa shape index (κ3) is 3.78. The van der Waals surface area contributed by atoms with Crippen molar-refractivity contribution in [2.45, 2.75) is 5.16 Å². The highest BCUT2D eigenvalue weighted by Crippen LogP contribution is 2.25. The molecule has 0 radical (unpaired) electrons. The van der Waals surface area contributed by atoms with Crippen molar-refractivity contribution in [3.8, 4) is 11.4 Å². The summed E-state index contributed by atoms with van der Waals surface area (Å²) in [5.74, 6) is 6.53. The van der Waals surface area contributed by atoms with Crippen molar-refractivity contribution in [2.24, 2.45) is 0 Å². The molecular formula is C19H15ClN6OS. The number of fused-ring (bicyclic) bond motifs is 1. The molecule has 0 aliphatic rings. The molecule has 2 aromatic heterocycles. The molecular weight excluding hydrogens is 396 g/mol. The van der Waals surface area contributed by atoms with Gasteiger partial charge in [-0.3, -0.25) is 9.78 Å². The molecule has 9 heteroatoms. The maximum atomic E-state index is 12.4. The number of carbonyl (C=O) groups is 1. The SMILES string of the molecule is Nn1c(SCC(=O)Nc2cccc3ncccc23)nnc1-c1cccc(Cl)c1. The number of rotatable bonds is 5. The highest BCUT2D eigenvalue weighted by atomic mass is 35.5. The Labute approximate surface area is 169 Å². The van der Waals surface area contributed by atoms with Gasteiger partial charge in [0.1, 0.15) is 0 Å². The van der Waals surface area contributed by atoms with E-state index in [0.717, 1.165) is 16.5 Å². The lowest BCUT2D eigenvalue weighted by molar-refractivity contribution is -0.113. The molecule has 0 bridgehead atoms. The average molecular weight is 411 g/mol. The third-order valence-electron chi connectivity index (χ3n) is 4.00. The quantitative estimate of drug-likeness (QED) is 0.385. The maximum absolute atomic E-state index is 12.4. The fourth-order valence-corrected chi connectivity index (χ4v) is 3.58. The molecule has 140 valence electrons. The minimum Gasteiger partial charge on any atom is -0.335 e. The summed E-state index contributed by atoms with van der Waals surface area (Å²) in [5, 5.41) is 13.0. The fourth-order valence-electron chi connectivity index (χ4n) is 2.73. The van der Waals surface area contributed by atoms with Crippen molar-refractivity contribution in [3.63, 3.8) is 0 Å². The van der Waals surface area contributed by atoms with Crippen molar-refractivity contribution in [1.82, 2.24) is 19.9 Å². The summed E-state index contributed by atoms with van der Waals surface area (Å²) in [7, 11) is 0. The Bertz CT molecular complexity index is 1160. The molecule has 3 N–H and O–H groups in total. The number of nitrogens with two attached hydrogens (primary N) is 1. The molecule has 2 aromatic carbocycles. The molecule has 0 saturated heterocycles. The van der Waals surface area contributed by atoms with E-state index in [4.69, 9.17) is 17.4 Å². The number of hydrogen-bond acceptors (Lipinski definition) is 6. The number of nitrogens with one attached hydrogen (secondary N) is 1. The minimum atomic E-state index is -0.173. The number of benzene rings is 2. The van der Waals surface area contributed by atoms with Gasteiger partial charge in [-0.25, -0.2) is 4.68 Å². The number of carbonyl (C=O) groups excluding carboxylic acids is 1. The van der Waals surface area contributed by atoms with E-state index >= 15 is 0 Å². The standard InChI is InChI=1S/C19H15ClN6OS/c20-13-5-1-4-12(10-13)18-24-25-19(26(18)21)28-11-17(27)23-16-8-2-7-15-14(16)6-3-9-22-15/h1-10H,11,21H2,(H,23,27). The summed E-state index contributed by atoms with van der Waals surface area (Å²) in [4.78, 5) is 16.7. The Morgan fingerprint density at radius 3 is 2.86 bits per heavy atom. The van der Waals surface area contributed by atoms with E-state index in [1.165, 1.54) is 16.4 Å². The molecule has 28 heavy (non-hydrogen) atoms. The van der Waals surface area contributed by atoms with E-state index in [0.29, 0.717) is 21.7 Å². The average Bonchev–Trinajstić information content (AvgIpc) is 3.07. The molecule has 2 heterocycles. The highest BCUT2D eigenvalue weighted by molar-refractivity contribution is 7.99. The predicted molar refractivity (Wildman–Crippen MR) is 112 cm³/mol. The van der Waals surface area contributed by atoms with Gasteiger partial charge in [-0.05, 0) is 36.4 Å². The molecule has 0 aliphatic carbocycles. The van der Waals surface area contributed by atoms with Crippen LogP contribution in [0, 0.1) is 0 Å². The number of anilines is 1. The van der Waals surface area contributed by atoms with Crippen LogP contribution in [0.1, 0.15) is 0 Å². The first-order chi connectivity index (χ1) is 13.6. The highest BCUT2D eigenvalue weighted by Gasteiger charge is 2.14. The van der Waals surface area contributed by atoms with Gasteiger partial charge in [0.05, 0.1) is 17.0 Å². The van der Waals surface area contributed by atoms with Gasteiger partial charge in [0, 0.05) is 22.2 Å². The van der Waals surface area contributed by atoms with E-state index in [-0.39, 0.29) is 11.7 Å². The number of aromatic nitrogens is 4. The molecule has 4 rings (SSSR count). The van der Waals surface area contributed by atoms with E-state index in [9.17, 15) is 4.79 Å². The minimum absolute atomic E-state index is 0.140. The van der Waals surface area contributed by atoms with Gasteiger partial charge in [-0.15, -0.1) is 10.2 Å². The smallest absolute Gasteiger partial charge is 0.234 e. The molecule has 7 nitrogen and oxygen atoms in total. The first-order valence-electron chi connectivity index (χ1n) is 8.34. The molecule has 4 aromatic rings. The summed E-state index contributed by atoms with van der Waals surface area (Å²) >= 11 is 7.22. The Morgan fingerprint density at radius 2 is 2.00 bits per heavy atom. The molecule has 0 saturated carbocycles. The van der Waals surface area contributed by atoms with Crippen molar-refractivity contribution < 1.29 is 4.79 Å². The summed E-state index contributed by atoms with van der Waals surface area (Å²) < 4.78 is 1.35. The maximum Gasteiger partial charge on any atom is 0.234 e. The second kappa shape index (κ2) is 7.87. The Kier molecular flexibility index (Phi) is 5.14. The van der Waals surface area contributed by atoms with Crippen LogP contribution in [0.15, 0.2) is 66.0 Å². The van der Waals surface area contributed by atoms with Crippen LogP contribution in [0.3, 0.4) is 0 Å². The van der Waals surface area contributed by atoms with Gasteiger partial charge in [0.2, 0.25) is 11.1 Å². The van der Waals surface area contributed by atoms with E-state index in [1.54, 1.807) is 18.3 Å². The van der Waals surface area contributed by atoms with Crippen LogP contribution < -0.4 is 11.2 Å². The summed E-state index contributed by atoms with van der Waals surface area (Å²) in [6.45, 7) is 0. The van der Waals surface area contributed by atoms with Crippen molar-refractivity contribution >= 4 is 45.9 Å². The van der Waals surface area contributed by atoms with E-state index in [1.807, 2.05) is 42.5 Å². The lowest BCUT2D eigenvalue weighted by atomic mass is 10.2. The second-order valence-corrected chi connectivity index (χ2v) is 7.28. The zero-order valence-electron chi connectivity index (χ0n) is 14.5. The van der Waals surface area contributed by atoms with Gasteiger partial charge in [-0.2, -0.15) is 0 Å². The predicted octanol–water partition coefficient (Wildman–Crippen LogP) is 3.59. The van der Waals surface area contributed by atoms with Crippen LogP contribution >= 0.6 is 23.4 Å². The number of nitrogens with zero attached hydrogens (tertiary/aromatic N) is 4. The zero-order valence-corrected chi connectivity index (χ0v) is 16.1. The number of halogens is 1. The largest absolute Gasteiger partial charge is 0.335 e. The van der Waals surface area contributed by atoms with Crippen molar-refractivity contribution in [3.05, 3.63) is 65.8 Å². The summed E-state index contributed by atoms with van der Waals surface area (Å²) in [6.07, 6.45) is 1.72. The molecule has 1 amide bonds. The number of thioether (sulfide) groups is 1. The van der Waals surface area contributed by atoms with Crippen LogP contribution in [0.5, 0.6) is 0 Å². The lowest BCUT2D eigenvalue weighted by Gasteiger charge is -2.08. The first-order valence-corrected chi connectivity index (χ1v) is 9.71. The van der Waals surface area contributed by atoms with Gasteiger partial charge in [0.15, 0.2) is 5.82 Å². The number of hydrogen-bond donors (Lipinski definition) is 2. The van der Waals surface area contributed by atoms with Gasteiger partial charge < -0.3 is 11.2 Å². The lowest BCUT2D eigenvalue weighted by Crippen LogP contribution is -2.16. The van der Waals surface area contributed by atoms with E-state index in [2.05, 4.69) is 20.5 Å². The van der Waals surface area contributed by atoms with E-state index < -0.39 is 0 Å². The molecule has 0 aliphatic heterocycles. The molecule has 0 unspecified atom stereocenters.